The fourth-order valence-electron chi connectivity index (χ4n) is 12.9. The predicted molar refractivity (Wildman–Crippen MR) is 235 cm³/mol. The van der Waals surface area contributed by atoms with E-state index in [0.717, 1.165) is 0 Å². The number of hydrogen-bond donors (Lipinski definition) is 0. The summed E-state index contributed by atoms with van der Waals surface area (Å²) in [6.07, 6.45) is 5.03. The van der Waals surface area contributed by atoms with Gasteiger partial charge in [-0.25, -0.2) is 0 Å². The van der Waals surface area contributed by atoms with Gasteiger partial charge in [-0.1, -0.05) is 183 Å². The van der Waals surface area contributed by atoms with Crippen LogP contribution in [0, 0.1) is 5.92 Å². The van der Waals surface area contributed by atoms with Crippen molar-refractivity contribution in [2.45, 2.75) is 42.4 Å². The van der Waals surface area contributed by atoms with E-state index in [0.29, 0.717) is 11.8 Å². The maximum Gasteiger partial charge on any atom is 0.0719 e. The number of hydrogen-bond acceptors (Lipinski definition) is 0. The summed E-state index contributed by atoms with van der Waals surface area (Å²) in [7, 11) is 0. The summed E-state index contributed by atoms with van der Waals surface area (Å²) in [6, 6.07) is 72.3. The molecule has 3 atom stereocenters. The summed E-state index contributed by atoms with van der Waals surface area (Å²) in [5, 5.41) is 2.58. The Labute approximate surface area is 333 Å². The van der Waals surface area contributed by atoms with Gasteiger partial charge in [0.15, 0.2) is 0 Å². The van der Waals surface area contributed by atoms with Crippen molar-refractivity contribution in [3.63, 3.8) is 0 Å². The second-order valence-corrected chi connectivity index (χ2v) is 16.9. The van der Waals surface area contributed by atoms with Crippen molar-refractivity contribution >= 4 is 21.8 Å². The third-order valence-electron chi connectivity index (χ3n) is 14.7. The van der Waals surface area contributed by atoms with Crippen LogP contribution in [0.1, 0.15) is 76.1 Å². The van der Waals surface area contributed by atoms with Gasteiger partial charge in [0.2, 0.25) is 0 Å². The summed E-state index contributed by atoms with van der Waals surface area (Å²) in [5.74, 6) is 0.973. The average molecular weight is 728 g/mol. The van der Waals surface area contributed by atoms with Gasteiger partial charge < -0.3 is 4.57 Å². The van der Waals surface area contributed by atoms with Crippen molar-refractivity contribution in [3.8, 4) is 27.9 Å². The van der Waals surface area contributed by atoms with Crippen LogP contribution < -0.4 is 0 Å². The molecule has 0 aliphatic heterocycles. The van der Waals surface area contributed by atoms with Gasteiger partial charge in [-0.3, -0.25) is 0 Å². The van der Waals surface area contributed by atoms with E-state index in [-0.39, 0.29) is 5.41 Å². The minimum Gasteiger partial charge on any atom is -0.309 e. The molecule has 1 fully saturated rings. The normalized spacial score (nSPS) is 20.6. The third-order valence-corrected chi connectivity index (χ3v) is 14.7. The topological polar surface area (TPSA) is 4.93 Å². The number of rotatable bonds is 2. The fourth-order valence-corrected chi connectivity index (χ4v) is 12.9. The highest BCUT2D eigenvalue weighted by Gasteiger charge is 2.63. The summed E-state index contributed by atoms with van der Waals surface area (Å²) in [6.45, 7) is 0. The SMILES string of the molecule is c1ccc(-n2c3ccccc3c3cccc(-c4cccc5c4C4(c6ccccc6[C@H]6CCCCC64)c4ccccc4C54c5ccccc5-c5ccccc54)c32)cc1. The van der Waals surface area contributed by atoms with Crippen molar-refractivity contribution in [2.75, 3.05) is 0 Å². The van der Waals surface area contributed by atoms with E-state index < -0.39 is 5.41 Å². The Morgan fingerprint density at radius 1 is 0.404 bits per heavy atom. The van der Waals surface area contributed by atoms with E-state index in [1.165, 1.54) is 114 Å². The fraction of sp³-hybridized carbons (Fsp3) is 0.143. The first kappa shape index (κ1) is 31.7. The number of para-hydroxylation sites is 3. The first-order valence-corrected chi connectivity index (χ1v) is 20.9. The van der Waals surface area contributed by atoms with Gasteiger partial charge >= 0.3 is 0 Å². The summed E-state index contributed by atoms with van der Waals surface area (Å²) in [4.78, 5) is 0. The molecule has 1 aromatic heterocycles. The van der Waals surface area contributed by atoms with Gasteiger partial charge in [0.1, 0.15) is 0 Å². The molecule has 0 saturated heterocycles. The molecule has 2 spiro atoms. The van der Waals surface area contributed by atoms with Gasteiger partial charge in [0.05, 0.1) is 21.9 Å². The van der Waals surface area contributed by atoms with Crippen LogP contribution in [-0.4, -0.2) is 4.57 Å². The highest BCUT2D eigenvalue weighted by molar-refractivity contribution is 6.14. The maximum absolute atomic E-state index is 2.54. The quantitative estimate of drug-likeness (QED) is 0.167. The summed E-state index contributed by atoms with van der Waals surface area (Å²) >= 11 is 0. The minimum absolute atomic E-state index is 0.326. The zero-order valence-corrected chi connectivity index (χ0v) is 31.8. The Bertz CT molecular complexity index is 3060. The Kier molecular flexibility index (Phi) is 6.43. The predicted octanol–water partition coefficient (Wildman–Crippen LogP) is 13.7. The standard InChI is InChI=1S/C56H41N/c1-2-18-36(19-3-1)57-52-35-15-8-24-41(52)43-26-16-27-44(54(43)57)42-25-17-34-51-53(42)56(47-30-11-6-22-39(47)40-23-7-12-31-48(40)56)50-33-14-13-32-49(50)55(51)45-28-9-4-20-37(45)38-21-5-10-29-46(38)55/h1-6,8-11,13-22,24-30,32-35,40,48H,7,12,23,31H2/t40-,48?,56?/m1/s1. The summed E-state index contributed by atoms with van der Waals surface area (Å²) < 4.78 is 2.53. The summed E-state index contributed by atoms with van der Waals surface area (Å²) in [5.41, 5.74) is 20.0. The zero-order valence-electron chi connectivity index (χ0n) is 31.8. The number of benzene rings is 8. The van der Waals surface area contributed by atoms with Gasteiger partial charge in [-0.2, -0.15) is 0 Å². The lowest BCUT2D eigenvalue weighted by Gasteiger charge is -2.52. The number of aromatic nitrogens is 1. The van der Waals surface area contributed by atoms with Crippen LogP contribution in [-0.2, 0) is 10.8 Å². The Morgan fingerprint density at radius 2 is 0.965 bits per heavy atom. The van der Waals surface area contributed by atoms with Crippen molar-refractivity contribution in [1.82, 2.24) is 4.57 Å². The van der Waals surface area contributed by atoms with E-state index in [4.69, 9.17) is 0 Å². The van der Waals surface area contributed by atoms with Crippen molar-refractivity contribution in [1.29, 1.82) is 0 Å². The largest absolute Gasteiger partial charge is 0.309 e. The second kappa shape index (κ2) is 11.6. The van der Waals surface area contributed by atoms with Gasteiger partial charge in [-0.15, -0.1) is 0 Å². The monoisotopic (exact) mass is 727 g/mol. The van der Waals surface area contributed by atoms with Crippen LogP contribution in [0.15, 0.2) is 188 Å². The molecular weight excluding hydrogens is 687 g/mol. The molecule has 270 valence electrons. The van der Waals surface area contributed by atoms with Crippen LogP contribution in [0.25, 0.3) is 49.7 Å². The zero-order chi connectivity index (χ0) is 37.3. The van der Waals surface area contributed by atoms with Gasteiger partial charge in [0.25, 0.3) is 0 Å². The van der Waals surface area contributed by atoms with E-state index >= 15 is 0 Å². The minimum atomic E-state index is -0.470. The Hall–Kier alpha value is -6.44. The molecule has 4 aliphatic rings. The molecule has 1 saturated carbocycles. The lowest BCUT2D eigenvalue weighted by molar-refractivity contribution is 0.257. The number of fused-ring (bicyclic) bond motifs is 19. The van der Waals surface area contributed by atoms with Crippen LogP contribution in [0.4, 0.5) is 0 Å². The molecule has 1 heteroatoms. The van der Waals surface area contributed by atoms with Crippen molar-refractivity contribution < 1.29 is 0 Å². The maximum atomic E-state index is 2.54. The first-order valence-electron chi connectivity index (χ1n) is 20.9. The lowest BCUT2D eigenvalue weighted by Crippen LogP contribution is -2.47. The highest BCUT2D eigenvalue weighted by atomic mass is 15.0. The molecule has 1 nitrogen and oxygen atoms in total. The molecule has 57 heavy (non-hydrogen) atoms. The smallest absolute Gasteiger partial charge is 0.0719 e. The molecule has 2 unspecified atom stereocenters. The van der Waals surface area contributed by atoms with Crippen LogP contribution in [0.2, 0.25) is 0 Å². The molecule has 1 heterocycles. The van der Waals surface area contributed by atoms with Crippen molar-refractivity contribution in [2.24, 2.45) is 5.92 Å². The molecule has 9 aromatic rings. The third kappa shape index (κ3) is 3.81. The second-order valence-electron chi connectivity index (χ2n) is 16.9. The molecule has 0 radical (unpaired) electrons. The Morgan fingerprint density at radius 3 is 1.77 bits per heavy atom. The molecule has 13 rings (SSSR count). The Balaban J connectivity index is 1.26. The molecule has 0 N–H and O–H groups in total. The van der Waals surface area contributed by atoms with Crippen molar-refractivity contribution in [3.05, 3.63) is 233 Å². The van der Waals surface area contributed by atoms with Crippen LogP contribution >= 0.6 is 0 Å². The average Bonchev–Trinajstić information content (AvgIpc) is 3.89. The van der Waals surface area contributed by atoms with E-state index in [1.54, 1.807) is 5.56 Å². The van der Waals surface area contributed by atoms with Crippen LogP contribution in [0.5, 0.6) is 0 Å². The van der Waals surface area contributed by atoms with E-state index in [2.05, 4.69) is 193 Å². The van der Waals surface area contributed by atoms with E-state index in [9.17, 15) is 0 Å². The van der Waals surface area contributed by atoms with Gasteiger partial charge in [0, 0.05) is 22.0 Å². The van der Waals surface area contributed by atoms with Crippen LogP contribution in [0.3, 0.4) is 0 Å². The number of nitrogens with zero attached hydrogens (tertiary/aromatic N) is 1. The molecular formula is C56H41N. The highest BCUT2D eigenvalue weighted by Crippen LogP contribution is 2.71. The lowest BCUT2D eigenvalue weighted by atomic mass is 9.49. The molecule has 8 aromatic carbocycles. The molecule has 0 amide bonds. The molecule has 0 bridgehead atoms. The van der Waals surface area contributed by atoms with Gasteiger partial charge in [-0.05, 0) is 104 Å². The first-order chi connectivity index (χ1) is 28.3. The molecule has 4 aliphatic carbocycles. The van der Waals surface area contributed by atoms with E-state index in [1.807, 2.05) is 0 Å².